The lowest BCUT2D eigenvalue weighted by Crippen LogP contribution is -2.30. The number of hydrogen-bond donors (Lipinski definition) is 0. The normalized spacial score (nSPS) is 13.2. The maximum atomic E-state index is 13.5. The van der Waals surface area contributed by atoms with Crippen LogP contribution in [-0.4, -0.2) is 27.8 Å². The molecule has 4 aromatic rings. The van der Waals surface area contributed by atoms with Gasteiger partial charge >= 0.3 is 6.18 Å². The fourth-order valence-electron chi connectivity index (χ4n) is 4.17. The molecular weight excluding hydrogens is 530 g/mol. The van der Waals surface area contributed by atoms with Gasteiger partial charge in [0.05, 0.1) is 33.3 Å². The van der Waals surface area contributed by atoms with E-state index in [0.717, 1.165) is 29.8 Å². The summed E-state index contributed by atoms with van der Waals surface area (Å²) in [6, 6.07) is 17.7. The SMILES string of the molecule is O=C(CSc1ncc(-c2ccc(Cl)c(Cl)c2)n1-c1cccc(C(F)(F)F)c1)N1CCc2ccccc21. The molecule has 4 nitrogen and oxygen atoms in total. The Morgan fingerprint density at radius 2 is 1.81 bits per heavy atom. The second-order valence-corrected chi connectivity index (χ2v) is 9.91. The minimum absolute atomic E-state index is 0.0745. The molecule has 0 fully saturated rings. The number of carbonyl (C=O) groups excluding carboxylic acids is 1. The van der Waals surface area contributed by atoms with E-state index in [1.54, 1.807) is 39.9 Å². The average molecular weight is 548 g/mol. The molecule has 2 heterocycles. The molecule has 0 aliphatic carbocycles. The molecule has 0 unspecified atom stereocenters. The number of imidazole rings is 1. The number of carbonyl (C=O) groups is 1. The zero-order valence-electron chi connectivity index (χ0n) is 18.6. The van der Waals surface area contributed by atoms with Gasteiger partial charge in [-0.1, -0.05) is 65.3 Å². The summed E-state index contributed by atoms with van der Waals surface area (Å²) >= 11 is 13.4. The maximum absolute atomic E-state index is 13.5. The number of halogens is 5. The van der Waals surface area contributed by atoms with Crippen molar-refractivity contribution in [2.45, 2.75) is 17.8 Å². The number of fused-ring (bicyclic) bond motifs is 1. The number of nitrogens with zero attached hydrogens (tertiary/aromatic N) is 3. The first kappa shape index (κ1) is 24.7. The van der Waals surface area contributed by atoms with E-state index in [1.165, 1.54) is 17.8 Å². The van der Waals surface area contributed by atoms with Crippen molar-refractivity contribution in [1.29, 1.82) is 0 Å². The Hall–Kier alpha value is -2.94. The van der Waals surface area contributed by atoms with Gasteiger partial charge in [-0.2, -0.15) is 13.2 Å². The van der Waals surface area contributed by atoms with Crippen LogP contribution in [0.1, 0.15) is 11.1 Å². The number of thioether (sulfide) groups is 1. The van der Waals surface area contributed by atoms with Gasteiger partial charge in [-0.05, 0) is 48.4 Å². The first-order chi connectivity index (χ1) is 17.2. The number of hydrogen-bond acceptors (Lipinski definition) is 3. The van der Waals surface area contributed by atoms with E-state index >= 15 is 0 Å². The summed E-state index contributed by atoms with van der Waals surface area (Å²) in [5, 5.41) is 1.05. The summed E-state index contributed by atoms with van der Waals surface area (Å²) in [5.41, 5.74) is 2.64. The molecule has 3 aromatic carbocycles. The maximum Gasteiger partial charge on any atom is 0.416 e. The third-order valence-electron chi connectivity index (χ3n) is 5.89. The monoisotopic (exact) mass is 547 g/mol. The Bertz CT molecular complexity index is 1450. The summed E-state index contributed by atoms with van der Waals surface area (Å²) in [4.78, 5) is 19.3. The second kappa shape index (κ2) is 9.84. The molecule has 0 radical (unpaired) electrons. The summed E-state index contributed by atoms with van der Waals surface area (Å²) < 4.78 is 42.0. The van der Waals surface area contributed by atoms with Crippen LogP contribution in [0.5, 0.6) is 0 Å². The van der Waals surface area contributed by atoms with E-state index in [2.05, 4.69) is 4.98 Å². The lowest BCUT2D eigenvalue weighted by atomic mass is 10.1. The lowest BCUT2D eigenvalue weighted by molar-refractivity contribution is -0.137. The molecule has 0 atom stereocenters. The largest absolute Gasteiger partial charge is 0.416 e. The van der Waals surface area contributed by atoms with Gasteiger partial charge in [-0.25, -0.2) is 4.98 Å². The highest BCUT2D eigenvalue weighted by molar-refractivity contribution is 7.99. The molecule has 0 bridgehead atoms. The van der Waals surface area contributed by atoms with Crippen LogP contribution in [0.4, 0.5) is 18.9 Å². The highest BCUT2D eigenvalue weighted by Crippen LogP contribution is 2.36. The first-order valence-corrected chi connectivity index (χ1v) is 12.7. The van der Waals surface area contributed by atoms with Crippen molar-refractivity contribution in [1.82, 2.24) is 9.55 Å². The molecule has 0 N–H and O–H groups in total. The van der Waals surface area contributed by atoms with Crippen LogP contribution < -0.4 is 4.90 Å². The van der Waals surface area contributed by atoms with Gasteiger partial charge in [0, 0.05) is 23.5 Å². The Morgan fingerprint density at radius 1 is 1.00 bits per heavy atom. The van der Waals surface area contributed by atoms with E-state index in [0.29, 0.717) is 33.0 Å². The highest BCUT2D eigenvalue weighted by Gasteiger charge is 2.31. The van der Waals surface area contributed by atoms with E-state index in [4.69, 9.17) is 23.2 Å². The zero-order chi connectivity index (χ0) is 25.4. The van der Waals surface area contributed by atoms with Crippen molar-refractivity contribution in [3.8, 4) is 16.9 Å². The van der Waals surface area contributed by atoms with Crippen LogP contribution in [0.3, 0.4) is 0 Å². The second-order valence-electron chi connectivity index (χ2n) is 8.15. The molecule has 1 amide bonds. The topological polar surface area (TPSA) is 38.1 Å². The first-order valence-electron chi connectivity index (χ1n) is 10.9. The number of alkyl halides is 3. The quantitative estimate of drug-likeness (QED) is 0.242. The zero-order valence-corrected chi connectivity index (χ0v) is 20.9. The minimum Gasteiger partial charge on any atom is -0.311 e. The standard InChI is InChI=1S/C26H18Cl2F3N3OS/c27-20-9-8-17(12-21(20)28)23-14-32-25(34(23)19-6-3-5-18(13-19)26(29,30)31)36-15-24(35)33-11-10-16-4-1-2-7-22(16)33/h1-9,12-14H,10-11,15H2. The lowest BCUT2D eigenvalue weighted by Gasteiger charge is -2.18. The third-order valence-corrected chi connectivity index (χ3v) is 7.57. The molecule has 5 rings (SSSR count). The van der Waals surface area contributed by atoms with Gasteiger partial charge in [0.25, 0.3) is 0 Å². The highest BCUT2D eigenvalue weighted by atomic mass is 35.5. The Morgan fingerprint density at radius 3 is 2.58 bits per heavy atom. The van der Waals surface area contributed by atoms with Crippen molar-refractivity contribution >= 4 is 46.6 Å². The molecule has 0 saturated carbocycles. The fourth-order valence-corrected chi connectivity index (χ4v) is 5.33. The van der Waals surface area contributed by atoms with Gasteiger partial charge in [-0.3, -0.25) is 9.36 Å². The van der Waals surface area contributed by atoms with Gasteiger partial charge in [0.2, 0.25) is 5.91 Å². The number of para-hydroxylation sites is 1. The Balaban J connectivity index is 1.50. The summed E-state index contributed by atoms with van der Waals surface area (Å²) in [7, 11) is 0. The fraction of sp³-hybridized carbons (Fsp3) is 0.154. The number of amides is 1. The molecular formula is C26H18Cl2F3N3OS. The Labute approximate surface area is 219 Å². The van der Waals surface area contributed by atoms with Crippen LogP contribution in [0.25, 0.3) is 16.9 Å². The van der Waals surface area contributed by atoms with E-state index in [-0.39, 0.29) is 17.3 Å². The molecule has 36 heavy (non-hydrogen) atoms. The van der Waals surface area contributed by atoms with E-state index in [1.807, 2.05) is 24.3 Å². The number of benzene rings is 3. The number of anilines is 1. The smallest absolute Gasteiger partial charge is 0.311 e. The van der Waals surface area contributed by atoms with Crippen LogP contribution >= 0.6 is 35.0 Å². The van der Waals surface area contributed by atoms with Crippen molar-refractivity contribution in [2.75, 3.05) is 17.2 Å². The molecule has 0 spiro atoms. The minimum atomic E-state index is -4.51. The summed E-state index contributed by atoms with van der Waals surface area (Å²) in [5.74, 6) is -0.0230. The number of aromatic nitrogens is 2. The molecule has 0 saturated heterocycles. The molecule has 184 valence electrons. The number of rotatable bonds is 5. The van der Waals surface area contributed by atoms with Crippen molar-refractivity contribution in [2.24, 2.45) is 0 Å². The Kier molecular flexibility index (Phi) is 6.76. The van der Waals surface area contributed by atoms with E-state index in [9.17, 15) is 18.0 Å². The van der Waals surface area contributed by atoms with Crippen LogP contribution in [0, 0.1) is 0 Å². The van der Waals surface area contributed by atoms with Crippen LogP contribution in [-0.2, 0) is 17.4 Å². The van der Waals surface area contributed by atoms with E-state index < -0.39 is 11.7 Å². The molecule has 1 aliphatic rings. The van der Waals surface area contributed by atoms with Gasteiger partial charge in [0.15, 0.2) is 5.16 Å². The summed E-state index contributed by atoms with van der Waals surface area (Å²) in [6.07, 6.45) is -2.17. The van der Waals surface area contributed by atoms with Gasteiger partial charge in [0.1, 0.15) is 0 Å². The van der Waals surface area contributed by atoms with Crippen LogP contribution in [0.2, 0.25) is 10.0 Å². The molecule has 1 aliphatic heterocycles. The predicted molar refractivity (Wildman–Crippen MR) is 137 cm³/mol. The molecule has 1 aromatic heterocycles. The average Bonchev–Trinajstić information content (AvgIpc) is 3.48. The van der Waals surface area contributed by atoms with Crippen molar-refractivity contribution in [3.63, 3.8) is 0 Å². The van der Waals surface area contributed by atoms with Gasteiger partial charge in [-0.15, -0.1) is 0 Å². The van der Waals surface area contributed by atoms with Crippen molar-refractivity contribution < 1.29 is 18.0 Å². The van der Waals surface area contributed by atoms with Crippen molar-refractivity contribution in [3.05, 3.63) is 94.1 Å². The van der Waals surface area contributed by atoms with Crippen LogP contribution in [0.15, 0.2) is 78.1 Å². The van der Waals surface area contributed by atoms with Gasteiger partial charge < -0.3 is 4.90 Å². The summed E-state index contributed by atoms with van der Waals surface area (Å²) in [6.45, 7) is 0.593. The molecule has 10 heteroatoms. The predicted octanol–water partition coefficient (Wildman–Crippen LogP) is 7.55. The third kappa shape index (κ3) is 4.85.